The smallest absolute Gasteiger partial charge is 0.417 e. The van der Waals surface area contributed by atoms with Crippen molar-refractivity contribution >= 4 is 5.69 Å². The standard InChI is InChI=1S/C15H11F3N2O/c1-9-6-11(3-5-14(9)20)21-12-2-4-13(15(16,17)18)10(7-12)8-19/h2-7H,20H2,1H3. The highest BCUT2D eigenvalue weighted by atomic mass is 19.4. The minimum atomic E-state index is -4.57. The largest absolute Gasteiger partial charge is 0.457 e. The van der Waals surface area contributed by atoms with Crippen LogP contribution in [0.1, 0.15) is 16.7 Å². The Balaban J connectivity index is 2.34. The van der Waals surface area contributed by atoms with Gasteiger partial charge in [-0.15, -0.1) is 0 Å². The second kappa shape index (κ2) is 5.37. The van der Waals surface area contributed by atoms with Crippen molar-refractivity contribution in [3.63, 3.8) is 0 Å². The molecule has 108 valence electrons. The van der Waals surface area contributed by atoms with E-state index in [1.807, 2.05) is 0 Å². The molecule has 0 aliphatic heterocycles. The summed E-state index contributed by atoms with van der Waals surface area (Å²) < 4.78 is 43.5. The molecule has 0 aliphatic rings. The molecule has 2 rings (SSSR count). The van der Waals surface area contributed by atoms with E-state index in [-0.39, 0.29) is 5.75 Å². The number of benzene rings is 2. The molecule has 0 spiro atoms. The van der Waals surface area contributed by atoms with Crippen LogP contribution in [0.25, 0.3) is 0 Å². The van der Waals surface area contributed by atoms with E-state index in [1.54, 1.807) is 25.1 Å². The van der Waals surface area contributed by atoms with Crippen molar-refractivity contribution in [3.05, 3.63) is 53.1 Å². The van der Waals surface area contributed by atoms with Gasteiger partial charge in [-0.05, 0) is 48.9 Å². The summed E-state index contributed by atoms with van der Waals surface area (Å²) in [5.74, 6) is 0.592. The number of nitriles is 1. The van der Waals surface area contributed by atoms with Gasteiger partial charge in [-0.1, -0.05) is 0 Å². The Bertz CT molecular complexity index is 718. The van der Waals surface area contributed by atoms with Gasteiger partial charge in [0.05, 0.1) is 17.2 Å². The SMILES string of the molecule is Cc1cc(Oc2ccc(C(F)(F)F)c(C#N)c2)ccc1N. The van der Waals surface area contributed by atoms with Gasteiger partial charge in [0.15, 0.2) is 0 Å². The minimum Gasteiger partial charge on any atom is -0.457 e. The molecule has 3 nitrogen and oxygen atoms in total. The van der Waals surface area contributed by atoms with E-state index in [1.165, 1.54) is 12.1 Å². The van der Waals surface area contributed by atoms with Crippen molar-refractivity contribution in [3.8, 4) is 17.6 Å². The van der Waals surface area contributed by atoms with Crippen molar-refractivity contribution < 1.29 is 17.9 Å². The van der Waals surface area contributed by atoms with Gasteiger partial charge in [0.1, 0.15) is 11.5 Å². The average molecular weight is 292 g/mol. The average Bonchev–Trinajstić information content (AvgIpc) is 2.41. The second-order valence-corrected chi connectivity index (χ2v) is 4.44. The Morgan fingerprint density at radius 3 is 2.29 bits per heavy atom. The number of aryl methyl sites for hydroxylation is 1. The molecular formula is C15H11F3N2O. The lowest BCUT2D eigenvalue weighted by Crippen LogP contribution is -2.07. The van der Waals surface area contributed by atoms with Gasteiger partial charge >= 0.3 is 6.18 Å². The van der Waals surface area contributed by atoms with Gasteiger partial charge in [-0.3, -0.25) is 0 Å². The molecule has 6 heteroatoms. The Morgan fingerprint density at radius 1 is 1.10 bits per heavy atom. The molecule has 0 atom stereocenters. The van der Waals surface area contributed by atoms with E-state index in [9.17, 15) is 13.2 Å². The van der Waals surface area contributed by atoms with Crippen LogP contribution in [0.2, 0.25) is 0 Å². The first-order valence-electron chi connectivity index (χ1n) is 5.96. The molecule has 2 N–H and O–H groups in total. The number of hydrogen-bond donors (Lipinski definition) is 1. The first-order chi connectivity index (χ1) is 9.81. The van der Waals surface area contributed by atoms with Gasteiger partial charge < -0.3 is 10.5 Å². The molecule has 2 aromatic rings. The summed E-state index contributed by atoms with van der Waals surface area (Å²) in [5.41, 5.74) is 5.59. The number of hydrogen-bond acceptors (Lipinski definition) is 3. The van der Waals surface area contributed by atoms with E-state index >= 15 is 0 Å². The molecule has 0 fully saturated rings. The molecule has 0 radical (unpaired) electrons. The number of alkyl halides is 3. The molecule has 0 heterocycles. The van der Waals surface area contributed by atoms with Crippen LogP contribution in [0, 0.1) is 18.3 Å². The van der Waals surface area contributed by atoms with Crippen LogP contribution in [0.3, 0.4) is 0 Å². The van der Waals surface area contributed by atoms with E-state index in [4.69, 9.17) is 15.7 Å². The topological polar surface area (TPSA) is 59.0 Å². The highest BCUT2D eigenvalue weighted by molar-refractivity contribution is 5.51. The zero-order valence-corrected chi connectivity index (χ0v) is 11.0. The maximum atomic E-state index is 12.7. The highest BCUT2D eigenvalue weighted by Crippen LogP contribution is 2.34. The van der Waals surface area contributed by atoms with E-state index in [0.29, 0.717) is 11.4 Å². The zero-order chi connectivity index (χ0) is 15.6. The zero-order valence-electron chi connectivity index (χ0n) is 11.0. The van der Waals surface area contributed by atoms with Crippen LogP contribution in [0.4, 0.5) is 18.9 Å². The first kappa shape index (κ1) is 14.7. The van der Waals surface area contributed by atoms with Crippen molar-refractivity contribution in [1.29, 1.82) is 5.26 Å². The summed E-state index contributed by atoms with van der Waals surface area (Å²) in [7, 11) is 0. The summed E-state index contributed by atoms with van der Waals surface area (Å²) in [5, 5.41) is 8.83. The molecule has 21 heavy (non-hydrogen) atoms. The van der Waals surface area contributed by atoms with Crippen LogP contribution in [-0.2, 0) is 6.18 Å². The number of nitrogen functional groups attached to an aromatic ring is 1. The van der Waals surface area contributed by atoms with Crippen molar-refractivity contribution in [2.75, 3.05) is 5.73 Å². The normalized spacial score (nSPS) is 11.0. The Hall–Kier alpha value is -2.68. The molecule has 0 unspecified atom stereocenters. The predicted octanol–water partition coefficient (Wildman–Crippen LogP) is 4.26. The molecule has 0 amide bonds. The lowest BCUT2D eigenvalue weighted by molar-refractivity contribution is -0.137. The van der Waals surface area contributed by atoms with Gasteiger partial charge in [0.2, 0.25) is 0 Å². The molecule has 0 saturated heterocycles. The summed E-state index contributed by atoms with van der Waals surface area (Å²) >= 11 is 0. The van der Waals surface area contributed by atoms with E-state index in [2.05, 4.69) is 0 Å². The Kier molecular flexibility index (Phi) is 3.76. The number of halogens is 3. The highest BCUT2D eigenvalue weighted by Gasteiger charge is 2.33. The van der Waals surface area contributed by atoms with Gasteiger partial charge in [0, 0.05) is 5.69 Å². The lowest BCUT2D eigenvalue weighted by Gasteiger charge is -2.11. The van der Waals surface area contributed by atoms with Crippen LogP contribution in [-0.4, -0.2) is 0 Å². The molecule has 0 aromatic heterocycles. The fourth-order valence-electron chi connectivity index (χ4n) is 1.77. The third-order valence-electron chi connectivity index (χ3n) is 2.89. The van der Waals surface area contributed by atoms with E-state index in [0.717, 1.165) is 17.7 Å². The van der Waals surface area contributed by atoms with Gasteiger partial charge in [-0.25, -0.2) is 0 Å². The third-order valence-corrected chi connectivity index (χ3v) is 2.89. The minimum absolute atomic E-state index is 0.156. The molecule has 0 saturated carbocycles. The second-order valence-electron chi connectivity index (χ2n) is 4.44. The molecule has 2 aromatic carbocycles. The number of anilines is 1. The summed E-state index contributed by atoms with van der Waals surface area (Å²) in [6.07, 6.45) is -4.57. The fourth-order valence-corrected chi connectivity index (χ4v) is 1.77. The summed E-state index contributed by atoms with van der Waals surface area (Å²) in [6, 6.07) is 9.51. The fraction of sp³-hybridized carbons (Fsp3) is 0.133. The van der Waals surface area contributed by atoms with Crippen LogP contribution < -0.4 is 10.5 Å². The number of nitrogens with two attached hydrogens (primary N) is 1. The number of ether oxygens (including phenoxy) is 1. The van der Waals surface area contributed by atoms with Crippen LogP contribution >= 0.6 is 0 Å². The van der Waals surface area contributed by atoms with E-state index < -0.39 is 17.3 Å². The predicted molar refractivity (Wildman–Crippen MR) is 71.8 cm³/mol. The molecule has 0 aliphatic carbocycles. The lowest BCUT2D eigenvalue weighted by atomic mass is 10.1. The molecular weight excluding hydrogens is 281 g/mol. The Labute approximate surface area is 119 Å². The molecule has 0 bridgehead atoms. The van der Waals surface area contributed by atoms with Crippen LogP contribution in [0.5, 0.6) is 11.5 Å². The summed E-state index contributed by atoms with van der Waals surface area (Å²) in [4.78, 5) is 0. The third kappa shape index (κ3) is 3.26. The summed E-state index contributed by atoms with van der Waals surface area (Å²) in [6.45, 7) is 1.79. The van der Waals surface area contributed by atoms with Gasteiger partial charge in [-0.2, -0.15) is 18.4 Å². The number of nitrogens with zero attached hydrogens (tertiary/aromatic N) is 1. The van der Waals surface area contributed by atoms with Crippen molar-refractivity contribution in [2.24, 2.45) is 0 Å². The maximum absolute atomic E-state index is 12.7. The quantitative estimate of drug-likeness (QED) is 0.841. The van der Waals surface area contributed by atoms with Crippen molar-refractivity contribution in [2.45, 2.75) is 13.1 Å². The Morgan fingerprint density at radius 2 is 1.71 bits per heavy atom. The maximum Gasteiger partial charge on any atom is 0.417 e. The first-order valence-corrected chi connectivity index (χ1v) is 5.96. The van der Waals surface area contributed by atoms with Gasteiger partial charge in [0.25, 0.3) is 0 Å². The van der Waals surface area contributed by atoms with Crippen LogP contribution in [0.15, 0.2) is 36.4 Å². The monoisotopic (exact) mass is 292 g/mol. The van der Waals surface area contributed by atoms with Crippen molar-refractivity contribution in [1.82, 2.24) is 0 Å². The number of rotatable bonds is 2.